The second-order valence-corrected chi connectivity index (χ2v) is 25.1. The number of ether oxygens (including phenoxy) is 11. The van der Waals surface area contributed by atoms with Gasteiger partial charge in [-0.05, 0) is 88.4 Å². The van der Waals surface area contributed by atoms with Gasteiger partial charge in [0.1, 0.15) is 117 Å². The predicted octanol–water partition coefficient (Wildman–Crippen LogP) is -7.26. The third kappa shape index (κ3) is 16.4. The molecule has 0 bridgehead atoms. The lowest BCUT2D eigenvalue weighted by Gasteiger charge is -2.53. The largest absolute Gasteiger partial charge is 0.460 e. The molecule has 9 aliphatic rings. The highest BCUT2D eigenvalue weighted by atomic mass is 16.7. The van der Waals surface area contributed by atoms with Crippen molar-refractivity contribution >= 4 is 11.9 Å². The van der Waals surface area contributed by atoms with Gasteiger partial charge in [-0.1, -0.05) is 12.2 Å². The predicted molar refractivity (Wildman–Crippen MR) is 287 cm³/mol. The molecule has 0 spiro atoms. The number of aliphatic hydroxyl groups is 18. The summed E-state index contributed by atoms with van der Waals surface area (Å²) in [6.07, 6.45) is -38.5. The monoisotopic (exact) mass is 1270 g/mol. The van der Waals surface area contributed by atoms with E-state index < -0.39 is 234 Å². The summed E-state index contributed by atoms with van der Waals surface area (Å²) in [5.41, 5.74) is 0. The highest BCUT2D eigenvalue weighted by Gasteiger charge is 2.57. The summed E-state index contributed by atoms with van der Waals surface area (Å²) in [6.45, 7) is -2.95. The quantitative estimate of drug-likeness (QED) is 0.0422. The first kappa shape index (κ1) is 69.7. The van der Waals surface area contributed by atoms with Gasteiger partial charge < -0.3 is 144 Å². The van der Waals surface area contributed by atoms with Crippen molar-refractivity contribution in [3.05, 3.63) is 24.3 Å². The number of rotatable bonds is 19. The third-order valence-corrected chi connectivity index (χ3v) is 19.0. The Kier molecular flexibility index (Phi) is 24.6. The number of carbonyl (C=O) groups is 2. The molecule has 31 nitrogen and oxygen atoms in total. The van der Waals surface area contributed by atoms with Gasteiger partial charge in [-0.3, -0.25) is 0 Å². The van der Waals surface area contributed by atoms with Gasteiger partial charge in [0.2, 0.25) is 0 Å². The number of hydrogen-bond donors (Lipinski definition) is 18. The van der Waals surface area contributed by atoms with Gasteiger partial charge in [0.05, 0.1) is 68.1 Å². The van der Waals surface area contributed by atoms with Crippen LogP contribution < -0.4 is 0 Å². The minimum atomic E-state index is -2.05. The molecule has 504 valence electrons. The van der Waals surface area contributed by atoms with Crippen molar-refractivity contribution in [1.82, 2.24) is 0 Å². The number of fused-ring (bicyclic) bond motifs is 1. The molecule has 5 heterocycles. The summed E-state index contributed by atoms with van der Waals surface area (Å²) in [4.78, 5) is 25.8. The van der Waals surface area contributed by atoms with Crippen LogP contribution in [0.5, 0.6) is 0 Å². The minimum Gasteiger partial charge on any atom is -0.460 e. The lowest BCUT2D eigenvalue weighted by molar-refractivity contribution is -0.351. The maximum atomic E-state index is 12.9. The van der Waals surface area contributed by atoms with Gasteiger partial charge in [0, 0.05) is 30.9 Å². The van der Waals surface area contributed by atoms with Gasteiger partial charge in [0.25, 0.3) is 0 Å². The summed E-state index contributed by atoms with van der Waals surface area (Å²) in [6, 6.07) is 0. The van der Waals surface area contributed by atoms with Crippen LogP contribution in [-0.2, 0) is 61.7 Å². The zero-order valence-electron chi connectivity index (χ0n) is 48.3. The Labute approximate surface area is 506 Å². The van der Waals surface area contributed by atoms with Crippen LogP contribution in [0.15, 0.2) is 24.3 Å². The van der Waals surface area contributed by atoms with E-state index in [2.05, 4.69) is 0 Å². The van der Waals surface area contributed by atoms with E-state index in [-0.39, 0.29) is 43.9 Å². The fourth-order valence-corrected chi connectivity index (χ4v) is 13.6. The topological polar surface area (TPSA) is 500 Å². The Bertz CT molecular complexity index is 2160. The Hall–Kier alpha value is -2.66. The van der Waals surface area contributed by atoms with E-state index in [9.17, 15) is 102 Å². The molecular weight excluding hydrogens is 1180 g/mol. The van der Waals surface area contributed by atoms with Crippen LogP contribution in [0.4, 0.5) is 0 Å². The zero-order chi connectivity index (χ0) is 63.4. The molecule has 8 unspecified atom stereocenters. The Morgan fingerprint density at radius 3 is 1.17 bits per heavy atom. The first-order valence-electron chi connectivity index (χ1n) is 30.6. The van der Waals surface area contributed by atoms with Gasteiger partial charge in [-0.15, -0.1) is 0 Å². The van der Waals surface area contributed by atoms with Crippen molar-refractivity contribution in [2.24, 2.45) is 23.7 Å². The first-order valence-corrected chi connectivity index (χ1v) is 30.6. The number of aliphatic hydroxyl groups excluding tert-OH is 18. The van der Waals surface area contributed by atoms with E-state index >= 15 is 0 Å². The molecule has 4 aliphatic carbocycles. The Morgan fingerprint density at radius 1 is 0.386 bits per heavy atom. The molecule has 5 saturated heterocycles. The highest BCUT2D eigenvalue weighted by Crippen LogP contribution is 2.46. The van der Waals surface area contributed by atoms with Crippen molar-refractivity contribution in [3.63, 3.8) is 0 Å². The summed E-state index contributed by atoms with van der Waals surface area (Å²) in [7, 11) is 0. The van der Waals surface area contributed by atoms with Crippen molar-refractivity contribution in [1.29, 1.82) is 0 Å². The van der Waals surface area contributed by atoms with Crippen molar-refractivity contribution in [3.8, 4) is 0 Å². The fourth-order valence-electron chi connectivity index (χ4n) is 13.6. The molecule has 9 rings (SSSR count). The molecule has 0 radical (unpaired) electrons. The van der Waals surface area contributed by atoms with Crippen LogP contribution in [0.3, 0.4) is 0 Å². The third-order valence-electron chi connectivity index (χ3n) is 19.0. The fraction of sp³-hybridized carbons (Fsp3) is 0.895. The lowest BCUT2D eigenvalue weighted by Crippen LogP contribution is -2.64. The average Bonchev–Trinajstić information content (AvgIpc) is 1.49. The van der Waals surface area contributed by atoms with Gasteiger partial charge >= 0.3 is 11.9 Å². The molecule has 0 aromatic heterocycles. The van der Waals surface area contributed by atoms with Crippen LogP contribution in [0.2, 0.25) is 0 Å². The molecule has 5 aliphatic heterocycles. The molecule has 9 fully saturated rings. The van der Waals surface area contributed by atoms with Gasteiger partial charge in [-0.25, -0.2) is 9.59 Å². The number of esters is 2. The van der Waals surface area contributed by atoms with E-state index in [1.54, 1.807) is 12.2 Å². The first-order chi connectivity index (χ1) is 41.9. The zero-order valence-corrected chi connectivity index (χ0v) is 48.3. The second kappa shape index (κ2) is 31.1. The number of allylic oxidation sites excluding steroid dienone is 2. The average molecular weight is 1270 g/mol. The summed E-state index contributed by atoms with van der Waals surface area (Å²) in [5.74, 6) is -3.58. The van der Waals surface area contributed by atoms with Gasteiger partial charge in [-0.2, -0.15) is 0 Å². The summed E-state index contributed by atoms with van der Waals surface area (Å²) < 4.78 is 66.0. The van der Waals surface area contributed by atoms with E-state index in [0.717, 1.165) is 0 Å². The van der Waals surface area contributed by atoms with E-state index in [4.69, 9.17) is 52.1 Å². The van der Waals surface area contributed by atoms with Crippen LogP contribution in [-0.4, -0.2) is 314 Å². The molecule has 0 aromatic carbocycles. The minimum absolute atomic E-state index is 0.00630. The molecule has 31 heteroatoms. The van der Waals surface area contributed by atoms with Gasteiger partial charge in [0.15, 0.2) is 25.2 Å². The van der Waals surface area contributed by atoms with Crippen LogP contribution >= 0.6 is 0 Å². The second-order valence-electron chi connectivity index (χ2n) is 25.1. The van der Waals surface area contributed by atoms with Crippen LogP contribution in [0.1, 0.15) is 83.5 Å². The SMILES string of the molecule is O=C(C=CC1CCC(O)CC1)OC[C@H]1O[C@@H](OC2CC(C3OC4CC(O[C@@H]5O[C@H](CO)[C@@H](O)[C@H](O)[C@H]5O)CC(O)C4CC3O[C@@H]3O[C@H](CO)[C@@H](O)[C@H](O)[C@H]3O)CC(O[C@@H]3O[C@H](COC(=O)C=CC4CCC(O)CC4)[C@@H](O)[C@H](O)[C@H]3O)C2O)[C@H](O)[C@@H](O)[C@@H]1O. The highest BCUT2D eigenvalue weighted by molar-refractivity contribution is 5.82. The standard InChI is InChI=1S/C57H90O31/c58-18-34-41(66)45(70)49(74)54(85-34)80-27-15-29(62)28-17-33(84-57-50(75)46(71)42(67)35(19-59)86-57)53(81-30(28)16-27)24-13-31(82-55-51(76)47(72)43(68)36(87-55)20-78-38(63)11-5-22-1-7-25(60)8-2-22)40(65)32(14-24)83-56-52(77)48(73)44(69)37(88-56)21-79-39(64)12-6-23-3-9-26(61)10-4-23/h5-6,11-12,22-37,40-62,65-77H,1-4,7-10,13-21H2/t22?,23?,24?,25?,26?,27?,28?,29?,30?,31?,32?,33?,34-,35-,36-,37-,40?,41-,42-,43-,44-,45+,46+,47+,48+,49-,50-,51-,52-,53?,54-,55-,56-,57-/m1/s1. The maximum absolute atomic E-state index is 12.9. The summed E-state index contributed by atoms with van der Waals surface area (Å²) in [5, 5.41) is 196. The normalized spacial score (nSPS) is 49.7. The summed E-state index contributed by atoms with van der Waals surface area (Å²) >= 11 is 0. The van der Waals surface area contributed by atoms with Crippen molar-refractivity contribution in [2.45, 2.75) is 267 Å². The van der Waals surface area contributed by atoms with E-state index in [1.807, 2.05) is 0 Å². The van der Waals surface area contributed by atoms with Crippen molar-refractivity contribution < 1.29 is 154 Å². The Morgan fingerprint density at radius 2 is 0.761 bits per heavy atom. The van der Waals surface area contributed by atoms with Crippen molar-refractivity contribution in [2.75, 3.05) is 26.4 Å². The molecular formula is C57H90O31. The number of carbonyl (C=O) groups excluding carboxylic acids is 2. The Balaban J connectivity index is 0.985. The number of hydrogen-bond acceptors (Lipinski definition) is 31. The van der Waals surface area contributed by atoms with E-state index in [0.29, 0.717) is 51.4 Å². The lowest BCUT2D eigenvalue weighted by atomic mass is 9.72. The van der Waals surface area contributed by atoms with Crippen LogP contribution in [0.25, 0.3) is 0 Å². The molecule has 0 aromatic rings. The molecule has 28 atom stereocenters. The smallest absolute Gasteiger partial charge is 0.330 e. The van der Waals surface area contributed by atoms with E-state index in [1.165, 1.54) is 12.2 Å². The molecule has 88 heavy (non-hydrogen) atoms. The maximum Gasteiger partial charge on any atom is 0.330 e. The molecule has 0 amide bonds. The molecule has 18 N–H and O–H groups in total. The van der Waals surface area contributed by atoms with Crippen LogP contribution in [0, 0.1) is 23.7 Å². The molecule has 4 saturated carbocycles.